The molecule has 1 aromatic rings. The molecule has 1 atom stereocenters. The Morgan fingerprint density at radius 1 is 1.18 bits per heavy atom. The van der Waals surface area contributed by atoms with Crippen LogP contribution in [0.3, 0.4) is 0 Å². The van der Waals surface area contributed by atoms with E-state index >= 15 is 0 Å². The maximum absolute atomic E-state index is 11.2. The first-order valence-electron chi connectivity index (χ1n) is 6.05. The van der Waals surface area contributed by atoms with Crippen LogP contribution in [0.2, 0.25) is 0 Å². The van der Waals surface area contributed by atoms with Gasteiger partial charge in [0.2, 0.25) is 10.0 Å². The second kappa shape index (κ2) is 4.78. The summed E-state index contributed by atoms with van der Waals surface area (Å²) in [7, 11) is -3.14. The van der Waals surface area contributed by atoms with Crippen LogP contribution in [0.4, 0.5) is 0 Å². The van der Waals surface area contributed by atoms with Gasteiger partial charge in [0.25, 0.3) is 0 Å². The number of fused-ring (bicyclic) bond motifs is 1. The summed E-state index contributed by atoms with van der Waals surface area (Å²) in [6, 6.07) is 6.17. The molecule has 1 N–H and O–H groups in total. The van der Waals surface area contributed by atoms with Crippen molar-refractivity contribution in [2.45, 2.75) is 38.6 Å². The summed E-state index contributed by atoms with van der Waals surface area (Å²) in [5.41, 5.74) is 3.86. The van der Waals surface area contributed by atoms with Crippen LogP contribution in [0.15, 0.2) is 18.2 Å². The van der Waals surface area contributed by atoms with Crippen molar-refractivity contribution in [3.8, 4) is 0 Å². The number of hydrogen-bond acceptors (Lipinski definition) is 2. The van der Waals surface area contributed by atoms with Crippen molar-refractivity contribution >= 4 is 10.0 Å². The van der Waals surface area contributed by atoms with E-state index in [1.807, 2.05) is 13.0 Å². The Balaban J connectivity index is 2.22. The summed E-state index contributed by atoms with van der Waals surface area (Å²) in [4.78, 5) is 0. The van der Waals surface area contributed by atoms with Gasteiger partial charge in [0, 0.05) is 6.04 Å². The quantitative estimate of drug-likeness (QED) is 0.897. The molecule has 94 valence electrons. The van der Waals surface area contributed by atoms with Gasteiger partial charge >= 0.3 is 0 Å². The molecule has 0 bridgehead atoms. The summed E-state index contributed by atoms with van der Waals surface area (Å²) in [5, 5.41) is 0. The predicted octanol–water partition coefficient (Wildman–Crippen LogP) is 2.18. The fourth-order valence-electron chi connectivity index (χ4n) is 2.41. The van der Waals surface area contributed by atoms with Gasteiger partial charge in [-0.1, -0.05) is 18.2 Å². The van der Waals surface area contributed by atoms with Crippen molar-refractivity contribution in [3.63, 3.8) is 0 Å². The van der Waals surface area contributed by atoms with E-state index in [1.54, 1.807) is 0 Å². The van der Waals surface area contributed by atoms with Crippen LogP contribution in [0.5, 0.6) is 0 Å². The van der Waals surface area contributed by atoms with Gasteiger partial charge in [0.15, 0.2) is 0 Å². The van der Waals surface area contributed by atoms with E-state index in [9.17, 15) is 8.42 Å². The third-order valence-electron chi connectivity index (χ3n) is 3.26. The zero-order valence-corrected chi connectivity index (χ0v) is 11.2. The average molecular weight is 253 g/mol. The molecular weight excluding hydrogens is 234 g/mol. The van der Waals surface area contributed by atoms with E-state index in [0.29, 0.717) is 0 Å². The molecule has 2 rings (SSSR count). The van der Waals surface area contributed by atoms with Crippen LogP contribution in [-0.2, 0) is 22.9 Å². The van der Waals surface area contributed by atoms with Crippen molar-refractivity contribution < 1.29 is 8.42 Å². The second-order valence-electron chi connectivity index (χ2n) is 4.85. The molecule has 0 saturated carbocycles. The minimum atomic E-state index is -3.14. The Morgan fingerprint density at radius 3 is 2.47 bits per heavy atom. The highest BCUT2D eigenvalue weighted by molar-refractivity contribution is 7.88. The molecule has 1 aliphatic carbocycles. The number of nitrogens with one attached hydrogen (secondary N) is 1. The highest BCUT2D eigenvalue weighted by Crippen LogP contribution is 2.24. The normalized spacial score (nSPS) is 17.5. The lowest BCUT2D eigenvalue weighted by Gasteiger charge is -2.19. The van der Waals surface area contributed by atoms with Gasteiger partial charge in [0.05, 0.1) is 6.26 Å². The van der Waals surface area contributed by atoms with Crippen LogP contribution >= 0.6 is 0 Å². The Hall–Kier alpha value is -0.870. The van der Waals surface area contributed by atoms with Crippen molar-refractivity contribution in [1.29, 1.82) is 0 Å². The number of rotatable bonds is 3. The Bertz CT molecular complexity index is 508. The topological polar surface area (TPSA) is 46.2 Å². The van der Waals surface area contributed by atoms with E-state index < -0.39 is 10.0 Å². The van der Waals surface area contributed by atoms with E-state index in [-0.39, 0.29) is 6.04 Å². The van der Waals surface area contributed by atoms with E-state index in [0.717, 1.165) is 18.4 Å². The van der Waals surface area contributed by atoms with E-state index in [1.165, 1.54) is 30.2 Å². The van der Waals surface area contributed by atoms with Gasteiger partial charge in [-0.15, -0.1) is 0 Å². The maximum atomic E-state index is 11.2. The van der Waals surface area contributed by atoms with Crippen molar-refractivity contribution in [2.24, 2.45) is 0 Å². The molecule has 0 radical (unpaired) electrons. The van der Waals surface area contributed by atoms with Gasteiger partial charge in [0.1, 0.15) is 0 Å². The van der Waals surface area contributed by atoms with Crippen LogP contribution < -0.4 is 4.72 Å². The summed E-state index contributed by atoms with van der Waals surface area (Å²) in [6.45, 7) is 1.88. The minimum Gasteiger partial charge on any atom is -0.213 e. The first kappa shape index (κ1) is 12.6. The summed E-state index contributed by atoms with van der Waals surface area (Å²) < 4.78 is 25.0. The van der Waals surface area contributed by atoms with Crippen LogP contribution in [0.25, 0.3) is 0 Å². The number of hydrogen-bond donors (Lipinski definition) is 1. The summed E-state index contributed by atoms with van der Waals surface area (Å²) in [6.07, 6.45) is 5.98. The molecule has 1 aliphatic rings. The third kappa shape index (κ3) is 3.30. The SMILES string of the molecule is C[C@H](NS(C)(=O)=O)c1ccc2c(c1)CCCC2. The molecule has 3 nitrogen and oxygen atoms in total. The zero-order chi connectivity index (χ0) is 12.5. The lowest BCUT2D eigenvalue weighted by molar-refractivity contribution is 0.572. The Kier molecular flexibility index (Phi) is 3.54. The molecule has 0 aromatic heterocycles. The fraction of sp³-hybridized carbons (Fsp3) is 0.538. The molecule has 4 heteroatoms. The highest BCUT2D eigenvalue weighted by Gasteiger charge is 2.14. The third-order valence-corrected chi connectivity index (χ3v) is 4.05. The number of aryl methyl sites for hydroxylation is 2. The highest BCUT2D eigenvalue weighted by atomic mass is 32.2. The molecule has 0 spiro atoms. The Morgan fingerprint density at radius 2 is 1.82 bits per heavy atom. The number of sulfonamides is 1. The summed E-state index contributed by atoms with van der Waals surface area (Å²) >= 11 is 0. The van der Waals surface area contributed by atoms with Crippen molar-refractivity contribution in [1.82, 2.24) is 4.72 Å². The average Bonchev–Trinajstić information content (AvgIpc) is 2.26. The van der Waals surface area contributed by atoms with Gasteiger partial charge < -0.3 is 0 Å². The summed E-state index contributed by atoms with van der Waals surface area (Å²) in [5.74, 6) is 0. The van der Waals surface area contributed by atoms with Gasteiger partial charge in [-0.25, -0.2) is 13.1 Å². The van der Waals surface area contributed by atoms with Crippen LogP contribution in [0, 0.1) is 0 Å². The molecule has 0 unspecified atom stereocenters. The molecule has 0 amide bonds. The number of benzene rings is 1. The zero-order valence-electron chi connectivity index (χ0n) is 10.4. The first-order chi connectivity index (χ1) is 7.96. The van der Waals surface area contributed by atoms with Gasteiger partial charge in [-0.3, -0.25) is 0 Å². The lowest BCUT2D eigenvalue weighted by Crippen LogP contribution is -2.25. The largest absolute Gasteiger partial charge is 0.213 e. The second-order valence-corrected chi connectivity index (χ2v) is 6.63. The molecular formula is C13H19NO2S. The standard InChI is InChI=1S/C13H19NO2S/c1-10(14-17(2,15)16)12-8-7-11-5-3-4-6-13(11)9-12/h7-10,14H,3-6H2,1-2H3/t10-/m0/s1. The lowest BCUT2D eigenvalue weighted by atomic mass is 9.89. The van der Waals surface area contributed by atoms with E-state index in [4.69, 9.17) is 0 Å². The van der Waals surface area contributed by atoms with E-state index in [2.05, 4.69) is 16.9 Å². The monoisotopic (exact) mass is 253 g/mol. The van der Waals surface area contributed by atoms with Gasteiger partial charge in [-0.2, -0.15) is 0 Å². The van der Waals surface area contributed by atoms with Crippen LogP contribution in [0.1, 0.15) is 42.5 Å². The fourth-order valence-corrected chi connectivity index (χ4v) is 3.19. The molecule has 17 heavy (non-hydrogen) atoms. The predicted molar refractivity (Wildman–Crippen MR) is 69.5 cm³/mol. The van der Waals surface area contributed by atoms with Gasteiger partial charge in [-0.05, 0) is 49.3 Å². The van der Waals surface area contributed by atoms with Crippen molar-refractivity contribution in [2.75, 3.05) is 6.26 Å². The Labute approximate surface area is 103 Å². The van der Waals surface area contributed by atoms with Crippen molar-refractivity contribution in [3.05, 3.63) is 34.9 Å². The molecule has 0 heterocycles. The molecule has 0 fully saturated rings. The van der Waals surface area contributed by atoms with Crippen LogP contribution in [-0.4, -0.2) is 14.7 Å². The maximum Gasteiger partial charge on any atom is 0.209 e. The molecule has 1 aromatic carbocycles. The molecule has 0 saturated heterocycles. The smallest absolute Gasteiger partial charge is 0.209 e. The first-order valence-corrected chi connectivity index (χ1v) is 7.94. The molecule has 0 aliphatic heterocycles. The minimum absolute atomic E-state index is 0.155.